The van der Waals surface area contributed by atoms with E-state index >= 15 is 0 Å². The first kappa shape index (κ1) is 10.0. The standard InChI is InChI=1S/C9H9NO4/c1-6(10-13)7-2-3-8(12)9(4-7)14-5-11/h2-5,12-13H,1H3/b10-6-. The molecule has 0 spiro atoms. The number of ether oxygens (including phenoxy) is 1. The number of carbonyl (C=O) groups is 1. The Morgan fingerprint density at radius 2 is 2.29 bits per heavy atom. The lowest BCUT2D eigenvalue weighted by molar-refractivity contribution is -0.120. The van der Waals surface area contributed by atoms with Crippen LogP contribution >= 0.6 is 0 Å². The molecule has 0 saturated carbocycles. The number of benzene rings is 1. The van der Waals surface area contributed by atoms with Crippen molar-refractivity contribution in [2.75, 3.05) is 0 Å². The molecule has 0 amide bonds. The van der Waals surface area contributed by atoms with Gasteiger partial charge in [0.15, 0.2) is 11.5 Å². The fourth-order valence-electron chi connectivity index (χ4n) is 0.943. The zero-order valence-electron chi connectivity index (χ0n) is 7.47. The molecule has 1 aromatic carbocycles. The van der Waals surface area contributed by atoms with Gasteiger partial charge in [-0.3, -0.25) is 4.79 Å². The highest BCUT2D eigenvalue weighted by atomic mass is 16.5. The number of aromatic hydroxyl groups is 1. The quantitative estimate of drug-likeness (QED) is 0.328. The molecule has 5 nitrogen and oxygen atoms in total. The van der Waals surface area contributed by atoms with Crippen LogP contribution in [0.4, 0.5) is 0 Å². The van der Waals surface area contributed by atoms with Gasteiger partial charge in [0.1, 0.15) is 0 Å². The number of rotatable bonds is 3. The molecule has 0 unspecified atom stereocenters. The Labute approximate surface area is 80.2 Å². The van der Waals surface area contributed by atoms with Crippen molar-refractivity contribution in [2.45, 2.75) is 6.92 Å². The van der Waals surface area contributed by atoms with Crippen molar-refractivity contribution in [3.63, 3.8) is 0 Å². The molecule has 5 heteroatoms. The number of nitrogens with zero attached hydrogens (tertiary/aromatic N) is 1. The van der Waals surface area contributed by atoms with Crippen molar-refractivity contribution in [2.24, 2.45) is 5.16 Å². The van der Waals surface area contributed by atoms with Gasteiger partial charge in [0.25, 0.3) is 6.47 Å². The van der Waals surface area contributed by atoms with Gasteiger partial charge in [-0.25, -0.2) is 0 Å². The number of phenols is 1. The summed E-state index contributed by atoms with van der Waals surface area (Å²) in [7, 11) is 0. The third-order valence-corrected chi connectivity index (χ3v) is 1.70. The van der Waals surface area contributed by atoms with Crippen LogP contribution in [0.1, 0.15) is 12.5 Å². The van der Waals surface area contributed by atoms with E-state index in [4.69, 9.17) is 5.21 Å². The van der Waals surface area contributed by atoms with Gasteiger partial charge in [0, 0.05) is 5.56 Å². The van der Waals surface area contributed by atoms with Crippen molar-refractivity contribution < 1.29 is 19.8 Å². The van der Waals surface area contributed by atoms with E-state index < -0.39 is 0 Å². The van der Waals surface area contributed by atoms with Crippen molar-refractivity contribution in [3.05, 3.63) is 23.8 Å². The average molecular weight is 195 g/mol. The molecule has 0 atom stereocenters. The maximum absolute atomic E-state index is 10.1. The smallest absolute Gasteiger partial charge is 0.298 e. The zero-order chi connectivity index (χ0) is 10.6. The normalized spacial score (nSPS) is 11.1. The molecule has 14 heavy (non-hydrogen) atoms. The first-order chi connectivity index (χ1) is 6.69. The molecule has 0 aliphatic heterocycles. The summed E-state index contributed by atoms with van der Waals surface area (Å²) in [6, 6.07) is 4.30. The second kappa shape index (κ2) is 4.27. The van der Waals surface area contributed by atoms with E-state index in [1.165, 1.54) is 12.1 Å². The monoisotopic (exact) mass is 195 g/mol. The predicted molar refractivity (Wildman–Crippen MR) is 48.8 cm³/mol. The Balaban J connectivity index is 3.12. The van der Waals surface area contributed by atoms with Crippen LogP contribution in [0.2, 0.25) is 0 Å². The van der Waals surface area contributed by atoms with Crippen LogP contribution in [0, 0.1) is 0 Å². The van der Waals surface area contributed by atoms with Crippen LogP contribution in [0.5, 0.6) is 11.5 Å². The maximum atomic E-state index is 10.1. The largest absolute Gasteiger partial charge is 0.504 e. The van der Waals surface area contributed by atoms with Crippen LogP contribution in [-0.2, 0) is 4.79 Å². The molecule has 1 rings (SSSR count). The molecule has 0 aliphatic carbocycles. The predicted octanol–water partition coefficient (Wildman–Crippen LogP) is 1.13. The lowest BCUT2D eigenvalue weighted by atomic mass is 10.1. The van der Waals surface area contributed by atoms with E-state index in [0.717, 1.165) is 0 Å². The number of hydrogen-bond acceptors (Lipinski definition) is 5. The molecule has 1 aromatic rings. The molecule has 0 aromatic heterocycles. The molecular formula is C9H9NO4. The Hall–Kier alpha value is -2.04. The van der Waals surface area contributed by atoms with Crippen molar-refractivity contribution in [1.82, 2.24) is 0 Å². The van der Waals surface area contributed by atoms with E-state index in [2.05, 4.69) is 9.89 Å². The second-order valence-electron chi connectivity index (χ2n) is 2.58. The highest BCUT2D eigenvalue weighted by molar-refractivity contribution is 5.98. The van der Waals surface area contributed by atoms with Gasteiger partial charge in [-0.15, -0.1) is 0 Å². The SMILES string of the molecule is C/C(=N/O)c1ccc(O)c(OC=O)c1. The van der Waals surface area contributed by atoms with Gasteiger partial charge < -0.3 is 15.1 Å². The minimum Gasteiger partial charge on any atom is -0.504 e. The minimum absolute atomic E-state index is 0.0282. The maximum Gasteiger partial charge on any atom is 0.298 e. The fourth-order valence-corrected chi connectivity index (χ4v) is 0.943. The second-order valence-corrected chi connectivity index (χ2v) is 2.58. The Bertz CT molecular complexity index is 373. The lowest BCUT2D eigenvalue weighted by Crippen LogP contribution is -1.96. The summed E-state index contributed by atoms with van der Waals surface area (Å²) in [5.74, 6) is -0.118. The number of hydrogen-bond donors (Lipinski definition) is 2. The van der Waals surface area contributed by atoms with Gasteiger partial charge in [-0.05, 0) is 25.1 Å². The molecule has 0 saturated heterocycles. The molecule has 0 aliphatic rings. The Morgan fingerprint density at radius 1 is 1.57 bits per heavy atom. The van der Waals surface area contributed by atoms with E-state index in [9.17, 15) is 9.90 Å². The van der Waals surface area contributed by atoms with E-state index in [1.807, 2.05) is 0 Å². The number of carbonyl (C=O) groups excluding carboxylic acids is 1. The summed E-state index contributed by atoms with van der Waals surface area (Å²) in [6.45, 7) is 1.79. The number of phenolic OH excluding ortho intramolecular Hbond substituents is 1. The molecule has 2 N–H and O–H groups in total. The summed E-state index contributed by atoms with van der Waals surface area (Å²) in [6.07, 6.45) is 0. The fraction of sp³-hybridized carbons (Fsp3) is 0.111. The highest BCUT2D eigenvalue weighted by Gasteiger charge is 2.05. The average Bonchev–Trinajstić information content (AvgIpc) is 2.20. The van der Waals surface area contributed by atoms with Crippen LogP contribution in [0.3, 0.4) is 0 Å². The van der Waals surface area contributed by atoms with Crippen molar-refractivity contribution in [1.29, 1.82) is 0 Å². The van der Waals surface area contributed by atoms with Crippen molar-refractivity contribution >= 4 is 12.2 Å². The van der Waals surface area contributed by atoms with E-state index in [-0.39, 0.29) is 18.0 Å². The molecule has 0 bridgehead atoms. The van der Waals surface area contributed by atoms with Gasteiger partial charge in [-0.1, -0.05) is 5.16 Å². The Kier molecular flexibility index (Phi) is 3.06. The molecule has 74 valence electrons. The first-order valence-corrected chi connectivity index (χ1v) is 3.81. The molecule has 0 fully saturated rings. The third kappa shape index (κ3) is 2.01. The van der Waals surface area contributed by atoms with E-state index in [0.29, 0.717) is 11.3 Å². The van der Waals surface area contributed by atoms with Gasteiger partial charge >= 0.3 is 0 Å². The highest BCUT2D eigenvalue weighted by Crippen LogP contribution is 2.26. The third-order valence-electron chi connectivity index (χ3n) is 1.70. The minimum atomic E-state index is -0.147. The summed E-state index contributed by atoms with van der Waals surface area (Å²) in [4.78, 5) is 10.1. The topological polar surface area (TPSA) is 79.1 Å². The summed E-state index contributed by atoms with van der Waals surface area (Å²) >= 11 is 0. The molecular weight excluding hydrogens is 186 g/mol. The zero-order valence-corrected chi connectivity index (χ0v) is 7.47. The lowest BCUT2D eigenvalue weighted by Gasteiger charge is -2.03. The van der Waals surface area contributed by atoms with Crippen LogP contribution in [0.25, 0.3) is 0 Å². The van der Waals surface area contributed by atoms with Crippen molar-refractivity contribution in [3.8, 4) is 11.5 Å². The van der Waals surface area contributed by atoms with Gasteiger partial charge in [-0.2, -0.15) is 0 Å². The first-order valence-electron chi connectivity index (χ1n) is 3.81. The van der Waals surface area contributed by atoms with Crippen LogP contribution < -0.4 is 4.74 Å². The number of oxime groups is 1. The molecule has 0 radical (unpaired) electrons. The summed E-state index contributed by atoms with van der Waals surface area (Å²) in [5.41, 5.74) is 0.919. The van der Waals surface area contributed by atoms with Gasteiger partial charge in [0.2, 0.25) is 0 Å². The Morgan fingerprint density at radius 3 is 2.86 bits per heavy atom. The van der Waals surface area contributed by atoms with E-state index in [1.54, 1.807) is 13.0 Å². The van der Waals surface area contributed by atoms with Crippen LogP contribution in [-0.4, -0.2) is 22.5 Å². The van der Waals surface area contributed by atoms with Gasteiger partial charge in [0.05, 0.1) is 5.71 Å². The summed E-state index contributed by atoms with van der Waals surface area (Å²) in [5, 5.41) is 20.7. The summed E-state index contributed by atoms with van der Waals surface area (Å²) < 4.78 is 4.50. The van der Waals surface area contributed by atoms with Crippen LogP contribution in [0.15, 0.2) is 23.4 Å². The molecule has 0 heterocycles.